The van der Waals surface area contributed by atoms with E-state index in [0.717, 1.165) is 38.9 Å². The fourth-order valence-electron chi connectivity index (χ4n) is 4.55. The molecule has 6 rings (SSSR count). The average Bonchev–Trinajstić information content (AvgIpc) is 3.49. The second-order valence-electron chi connectivity index (χ2n) is 9.46. The Labute approximate surface area is 247 Å². The van der Waals surface area contributed by atoms with Gasteiger partial charge in [0, 0.05) is 29.1 Å². The fraction of sp³-hybridized carbons (Fsp3) is 0.0909. The van der Waals surface area contributed by atoms with Gasteiger partial charge in [-0.05, 0) is 35.4 Å². The van der Waals surface area contributed by atoms with Gasteiger partial charge >= 0.3 is 0 Å². The van der Waals surface area contributed by atoms with Crippen molar-refractivity contribution in [1.82, 2.24) is 20.1 Å². The van der Waals surface area contributed by atoms with Crippen LogP contribution in [0.2, 0.25) is 5.02 Å². The molecule has 0 unspecified atom stereocenters. The van der Waals surface area contributed by atoms with Gasteiger partial charge in [0.2, 0.25) is 11.8 Å². The summed E-state index contributed by atoms with van der Waals surface area (Å²) in [5.41, 5.74) is 5.44. The van der Waals surface area contributed by atoms with E-state index in [1.165, 1.54) is 11.8 Å². The third-order valence-electron chi connectivity index (χ3n) is 6.60. The van der Waals surface area contributed by atoms with Gasteiger partial charge in [0.15, 0.2) is 0 Å². The lowest BCUT2D eigenvalue weighted by Gasteiger charge is -2.23. The Kier molecular flexibility index (Phi) is 8.07. The Bertz CT molecular complexity index is 1740. The average molecular weight is 577 g/mol. The van der Waals surface area contributed by atoms with Crippen molar-refractivity contribution in [2.24, 2.45) is 0 Å². The summed E-state index contributed by atoms with van der Waals surface area (Å²) in [6, 6.07) is 37.3. The van der Waals surface area contributed by atoms with Crippen LogP contribution in [0.15, 0.2) is 125 Å². The second-order valence-corrected chi connectivity index (χ2v) is 10.8. The Balaban J connectivity index is 1.22. The quantitative estimate of drug-likeness (QED) is 0.163. The molecule has 0 N–H and O–H groups in total. The number of aromatic nitrogens is 3. The number of thioether (sulfide) groups is 1. The number of carbonyl (C=O) groups excluding carboxylic acids is 1. The van der Waals surface area contributed by atoms with E-state index in [4.69, 9.17) is 21.0 Å². The maximum Gasteiger partial charge on any atom is 0.277 e. The molecule has 41 heavy (non-hydrogen) atoms. The first-order valence-corrected chi connectivity index (χ1v) is 14.5. The zero-order chi connectivity index (χ0) is 28.0. The molecule has 0 bridgehead atoms. The first kappa shape index (κ1) is 26.7. The normalized spacial score (nSPS) is 11.0. The molecule has 6 nitrogen and oxygen atoms in total. The number of amides is 1. The van der Waals surface area contributed by atoms with Gasteiger partial charge in [-0.15, -0.1) is 10.2 Å². The van der Waals surface area contributed by atoms with E-state index >= 15 is 0 Å². The van der Waals surface area contributed by atoms with Crippen LogP contribution >= 0.6 is 23.4 Å². The number of nitrogens with zero attached hydrogens (tertiary/aromatic N) is 4. The SMILES string of the molecule is O=C(CSc1nnc(-c2cc(-c3ccc(Cl)cc3)nc3ccccc23)o1)N(Cc1ccccc1)Cc1ccccc1. The molecule has 0 atom stereocenters. The molecule has 0 fully saturated rings. The van der Waals surface area contributed by atoms with Gasteiger partial charge in [-0.3, -0.25) is 4.79 Å². The lowest BCUT2D eigenvalue weighted by Crippen LogP contribution is -2.31. The lowest BCUT2D eigenvalue weighted by atomic mass is 10.0. The van der Waals surface area contributed by atoms with E-state index in [1.54, 1.807) is 0 Å². The molecule has 0 aliphatic rings. The monoisotopic (exact) mass is 576 g/mol. The molecule has 0 saturated carbocycles. The van der Waals surface area contributed by atoms with Gasteiger partial charge in [-0.2, -0.15) is 0 Å². The largest absolute Gasteiger partial charge is 0.411 e. The second kappa shape index (κ2) is 12.4. The van der Waals surface area contributed by atoms with Gasteiger partial charge in [-0.25, -0.2) is 4.98 Å². The summed E-state index contributed by atoms with van der Waals surface area (Å²) in [5, 5.41) is 10.5. The number of rotatable bonds is 9. The van der Waals surface area contributed by atoms with Gasteiger partial charge in [0.25, 0.3) is 5.22 Å². The summed E-state index contributed by atoms with van der Waals surface area (Å²) in [6.45, 7) is 1.03. The van der Waals surface area contributed by atoms with Gasteiger partial charge < -0.3 is 9.32 Å². The molecular weight excluding hydrogens is 552 g/mol. The minimum Gasteiger partial charge on any atom is -0.411 e. The van der Waals surface area contributed by atoms with Crippen LogP contribution in [0.4, 0.5) is 0 Å². The van der Waals surface area contributed by atoms with E-state index in [-0.39, 0.29) is 11.7 Å². The highest BCUT2D eigenvalue weighted by molar-refractivity contribution is 7.99. The number of carbonyl (C=O) groups is 1. The third-order valence-corrected chi connectivity index (χ3v) is 7.65. The number of pyridine rings is 1. The smallest absolute Gasteiger partial charge is 0.277 e. The van der Waals surface area contributed by atoms with E-state index in [9.17, 15) is 4.79 Å². The molecule has 2 heterocycles. The Hall–Kier alpha value is -4.46. The summed E-state index contributed by atoms with van der Waals surface area (Å²) in [5.74, 6) is 0.537. The Morgan fingerprint density at radius 2 is 1.41 bits per heavy atom. The number of hydrogen-bond donors (Lipinski definition) is 0. The molecule has 2 aromatic heterocycles. The lowest BCUT2D eigenvalue weighted by molar-refractivity contribution is -0.129. The van der Waals surface area contributed by atoms with Crippen LogP contribution in [0.5, 0.6) is 0 Å². The van der Waals surface area contributed by atoms with Crippen molar-refractivity contribution in [3.63, 3.8) is 0 Å². The van der Waals surface area contributed by atoms with Crippen LogP contribution in [-0.4, -0.2) is 31.7 Å². The number of hydrogen-bond acceptors (Lipinski definition) is 6. The maximum absolute atomic E-state index is 13.4. The fourth-order valence-corrected chi connectivity index (χ4v) is 5.34. The van der Waals surface area contributed by atoms with Gasteiger partial charge in [-0.1, -0.05) is 114 Å². The number of fused-ring (bicyclic) bond motifs is 1. The van der Waals surface area contributed by atoms with Gasteiger partial charge in [0.1, 0.15) is 0 Å². The molecule has 0 radical (unpaired) electrons. The molecule has 202 valence electrons. The van der Waals surface area contributed by atoms with Crippen molar-refractivity contribution < 1.29 is 9.21 Å². The van der Waals surface area contributed by atoms with Crippen LogP contribution in [0.1, 0.15) is 11.1 Å². The van der Waals surface area contributed by atoms with Crippen molar-refractivity contribution in [3.8, 4) is 22.7 Å². The molecule has 0 aliphatic carbocycles. The number of benzene rings is 4. The molecule has 4 aromatic carbocycles. The highest BCUT2D eigenvalue weighted by atomic mass is 35.5. The van der Waals surface area contributed by atoms with Crippen LogP contribution in [0, 0.1) is 0 Å². The van der Waals surface area contributed by atoms with E-state index in [0.29, 0.717) is 29.2 Å². The molecule has 0 saturated heterocycles. The van der Waals surface area contributed by atoms with Crippen molar-refractivity contribution in [2.75, 3.05) is 5.75 Å². The zero-order valence-corrected chi connectivity index (χ0v) is 23.6. The predicted molar refractivity (Wildman–Crippen MR) is 163 cm³/mol. The van der Waals surface area contributed by atoms with Crippen molar-refractivity contribution in [2.45, 2.75) is 18.3 Å². The molecule has 0 aliphatic heterocycles. The van der Waals surface area contributed by atoms with Crippen molar-refractivity contribution >= 4 is 40.2 Å². The van der Waals surface area contributed by atoms with E-state index < -0.39 is 0 Å². The molecule has 8 heteroatoms. The summed E-state index contributed by atoms with van der Waals surface area (Å²) in [6.07, 6.45) is 0. The highest BCUT2D eigenvalue weighted by Crippen LogP contribution is 2.33. The summed E-state index contributed by atoms with van der Waals surface area (Å²) < 4.78 is 6.08. The van der Waals surface area contributed by atoms with E-state index in [2.05, 4.69) is 10.2 Å². The highest BCUT2D eigenvalue weighted by Gasteiger charge is 2.19. The zero-order valence-electron chi connectivity index (χ0n) is 22.0. The summed E-state index contributed by atoms with van der Waals surface area (Å²) in [4.78, 5) is 20.1. The minimum absolute atomic E-state index is 0.0122. The van der Waals surface area contributed by atoms with Crippen LogP contribution in [-0.2, 0) is 17.9 Å². The number of halogens is 1. The third kappa shape index (κ3) is 6.48. The van der Waals surface area contributed by atoms with Crippen LogP contribution < -0.4 is 0 Å². The topological polar surface area (TPSA) is 72.1 Å². The van der Waals surface area contributed by atoms with Crippen molar-refractivity contribution in [3.05, 3.63) is 131 Å². The summed E-state index contributed by atoms with van der Waals surface area (Å²) in [7, 11) is 0. The first-order valence-electron chi connectivity index (χ1n) is 13.1. The maximum atomic E-state index is 13.4. The molecule has 0 spiro atoms. The first-order chi connectivity index (χ1) is 20.1. The molecule has 1 amide bonds. The predicted octanol–water partition coefficient (Wildman–Crippen LogP) is 7.93. The Morgan fingerprint density at radius 1 is 0.780 bits per heavy atom. The van der Waals surface area contributed by atoms with Crippen LogP contribution in [0.3, 0.4) is 0 Å². The van der Waals surface area contributed by atoms with Gasteiger partial charge in [0.05, 0.1) is 22.5 Å². The molecule has 6 aromatic rings. The van der Waals surface area contributed by atoms with E-state index in [1.807, 2.05) is 120 Å². The number of para-hydroxylation sites is 1. The van der Waals surface area contributed by atoms with Crippen LogP contribution in [0.25, 0.3) is 33.6 Å². The summed E-state index contributed by atoms with van der Waals surface area (Å²) >= 11 is 7.33. The standard InChI is InChI=1S/C33H25ClN4O2S/c34-26-17-15-25(16-18-26)30-19-28(27-13-7-8-14-29(27)35-30)32-36-37-33(40-32)41-22-31(39)38(20-23-9-3-1-4-10-23)21-24-11-5-2-6-12-24/h1-19H,20-22H2. The Morgan fingerprint density at radius 3 is 2.10 bits per heavy atom. The molecular formula is C33H25ClN4O2S. The minimum atomic E-state index is -0.0122. The van der Waals surface area contributed by atoms with Crippen molar-refractivity contribution in [1.29, 1.82) is 0 Å².